The highest BCUT2D eigenvalue weighted by Gasteiger charge is 2.42. The van der Waals surface area contributed by atoms with Crippen molar-refractivity contribution in [1.29, 1.82) is 0 Å². The highest BCUT2D eigenvalue weighted by molar-refractivity contribution is 5.95. The zero-order chi connectivity index (χ0) is 23.0. The fraction of sp³-hybridized carbons (Fsp3) is 0.435. The Bertz CT molecular complexity index is 1210. The molecule has 0 bridgehead atoms. The molecule has 0 radical (unpaired) electrons. The van der Waals surface area contributed by atoms with E-state index >= 15 is 0 Å². The van der Waals surface area contributed by atoms with Gasteiger partial charge >= 0.3 is 6.03 Å². The van der Waals surface area contributed by atoms with Gasteiger partial charge in [-0.15, -0.1) is 5.10 Å². The molecule has 0 saturated carbocycles. The normalized spacial score (nSPS) is 20.0. The first-order valence-electron chi connectivity index (χ1n) is 11.1. The number of piperidine rings is 1. The highest BCUT2D eigenvalue weighted by atomic mass is 16.5. The first-order valence-corrected chi connectivity index (χ1v) is 11.1. The monoisotopic (exact) mass is 449 g/mol. The fourth-order valence-electron chi connectivity index (χ4n) is 4.51. The van der Waals surface area contributed by atoms with Gasteiger partial charge in [0.05, 0.1) is 37.5 Å². The van der Waals surface area contributed by atoms with E-state index in [1.807, 2.05) is 39.9 Å². The number of aromatic nitrogens is 4. The number of fused-ring (bicyclic) bond motifs is 2. The molecule has 10 nitrogen and oxygen atoms in total. The minimum absolute atomic E-state index is 0.0834. The molecule has 1 fully saturated rings. The molecule has 2 aliphatic heterocycles. The van der Waals surface area contributed by atoms with Gasteiger partial charge in [-0.05, 0) is 25.0 Å². The summed E-state index contributed by atoms with van der Waals surface area (Å²) < 4.78 is 8.18. The molecule has 3 amide bonds. The molecule has 1 N–H and O–H groups in total. The van der Waals surface area contributed by atoms with Gasteiger partial charge in [-0.25, -0.2) is 14.5 Å². The van der Waals surface area contributed by atoms with Crippen molar-refractivity contribution in [3.63, 3.8) is 0 Å². The Balaban J connectivity index is 1.29. The van der Waals surface area contributed by atoms with E-state index in [-0.39, 0.29) is 11.9 Å². The van der Waals surface area contributed by atoms with E-state index in [1.165, 1.54) is 4.90 Å². The van der Waals surface area contributed by atoms with Gasteiger partial charge < -0.3 is 19.9 Å². The van der Waals surface area contributed by atoms with Crippen LogP contribution >= 0.6 is 0 Å². The van der Waals surface area contributed by atoms with E-state index in [9.17, 15) is 9.59 Å². The van der Waals surface area contributed by atoms with E-state index in [1.54, 1.807) is 20.2 Å². The summed E-state index contributed by atoms with van der Waals surface area (Å²) in [6, 6.07) is 11.3. The summed E-state index contributed by atoms with van der Waals surface area (Å²) in [6.07, 6.45) is 1.68. The minimum atomic E-state index is -0.504. The third-order valence-electron chi connectivity index (χ3n) is 6.33. The fourth-order valence-corrected chi connectivity index (χ4v) is 4.51. The summed E-state index contributed by atoms with van der Waals surface area (Å²) >= 11 is 0. The maximum absolute atomic E-state index is 13.3. The Hall–Kier alpha value is -3.53. The van der Waals surface area contributed by atoms with Crippen LogP contribution in [0.2, 0.25) is 0 Å². The number of nitrogens with zero attached hydrogens (tertiary/aromatic N) is 6. The number of ether oxygens (including phenoxy) is 1. The predicted molar refractivity (Wildman–Crippen MR) is 120 cm³/mol. The van der Waals surface area contributed by atoms with Gasteiger partial charge in [-0.3, -0.25) is 4.79 Å². The molecule has 3 aromatic rings. The average molecular weight is 450 g/mol. The van der Waals surface area contributed by atoms with Crippen molar-refractivity contribution in [2.75, 3.05) is 27.2 Å². The average Bonchev–Trinajstić information content (AvgIpc) is 3.23. The first kappa shape index (κ1) is 21.3. The molecular formula is C23H27N7O3. The maximum atomic E-state index is 13.3. The summed E-state index contributed by atoms with van der Waals surface area (Å²) in [6.45, 7) is 2.31. The molecule has 33 heavy (non-hydrogen) atoms. The number of rotatable bonds is 3. The van der Waals surface area contributed by atoms with Crippen LogP contribution < -0.4 is 5.32 Å². The molecule has 10 heteroatoms. The van der Waals surface area contributed by atoms with Crippen molar-refractivity contribution >= 4 is 22.8 Å². The zero-order valence-electron chi connectivity index (χ0n) is 18.8. The second-order valence-corrected chi connectivity index (χ2v) is 8.88. The number of hydrogen-bond acceptors (Lipinski definition) is 6. The first-order chi connectivity index (χ1) is 15.9. The molecule has 1 aromatic carbocycles. The Morgan fingerprint density at radius 1 is 1.18 bits per heavy atom. The lowest BCUT2D eigenvalue weighted by Gasteiger charge is -2.44. The molecule has 1 unspecified atom stereocenters. The molecule has 0 aliphatic carbocycles. The number of carbonyl (C=O) groups excluding carboxylic acids is 2. The molecule has 5 rings (SSSR count). The van der Waals surface area contributed by atoms with Gasteiger partial charge in [-0.2, -0.15) is 0 Å². The number of likely N-dealkylation sites (tertiary alicyclic amines) is 1. The van der Waals surface area contributed by atoms with Crippen LogP contribution in [0.3, 0.4) is 0 Å². The molecule has 2 aliphatic rings. The number of hydrogen-bond donors (Lipinski definition) is 1. The lowest BCUT2D eigenvalue weighted by atomic mass is 9.91. The zero-order valence-corrected chi connectivity index (χ0v) is 18.8. The summed E-state index contributed by atoms with van der Waals surface area (Å²) in [7, 11) is 3.37. The van der Waals surface area contributed by atoms with Gasteiger partial charge in [0, 0.05) is 26.0 Å². The van der Waals surface area contributed by atoms with Crippen LogP contribution in [-0.2, 0) is 24.4 Å². The Kier molecular flexibility index (Phi) is 5.45. The summed E-state index contributed by atoms with van der Waals surface area (Å²) in [4.78, 5) is 33.0. The smallest absolute Gasteiger partial charge is 0.317 e. The number of nitrogens with one attached hydrogen (secondary N) is 1. The van der Waals surface area contributed by atoms with Crippen molar-refractivity contribution in [3.8, 4) is 0 Å². The second-order valence-electron chi connectivity index (χ2n) is 8.88. The molecule has 1 atom stereocenters. The molecule has 172 valence electrons. The molecule has 4 heterocycles. The van der Waals surface area contributed by atoms with Crippen LogP contribution in [0, 0.1) is 0 Å². The predicted octanol–water partition coefficient (Wildman–Crippen LogP) is 1.80. The van der Waals surface area contributed by atoms with Crippen LogP contribution in [0.1, 0.15) is 34.7 Å². The van der Waals surface area contributed by atoms with Crippen molar-refractivity contribution in [2.24, 2.45) is 0 Å². The maximum Gasteiger partial charge on any atom is 0.317 e. The van der Waals surface area contributed by atoms with E-state index in [0.717, 1.165) is 29.4 Å². The van der Waals surface area contributed by atoms with Crippen LogP contribution in [-0.4, -0.2) is 74.5 Å². The van der Waals surface area contributed by atoms with Crippen molar-refractivity contribution in [2.45, 2.75) is 38.1 Å². The van der Waals surface area contributed by atoms with Gasteiger partial charge in [-0.1, -0.05) is 29.5 Å². The molecular weight excluding hydrogens is 422 g/mol. The Morgan fingerprint density at radius 3 is 2.88 bits per heavy atom. The standard InChI is InChI=1S/C23H27N7O3/c1-28(2)22(32)24-12-19-20-13-33-23(15-30(20)27-26-19)10-5-11-29(14-23)21(31)18-9-8-16-6-3-4-7-17(16)25-18/h3-4,6-9H,5,10-15H2,1-2H3,(H,24,32). The van der Waals surface area contributed by atoms with E-state index < -0.39 is 5.60 Å². The number of benzene rings is 1. The van der Waals surface area contributed by atoms with E-state index in [0.29, 0.717) is 44.2 Å². The third kappa shape index (κ3) is 4.13. The minimum Gasteiger partial charge on any atom is -0.365 e. The van der Waals surface area contributed by atoms with Crippen LogP contribution in [0.5, 0.6) is 0 Å². The van der Waals surface area contributed by atoms with Crippen LogP contribution in [0.15, 0.2) is 36.4 Å². The Morgan fingerprint density at radius 2 is 2.03 bits per heavy atom. The van der Waals surface area contributed by atoms with Crippen LogP contribution in [0.4, 0.5) is 4.79 Å². The van der Waals surface area contributed by atoms with Gasteiger partial charge in [0.2, 0.25) is 0 Å². The summed E-state index contributed by atoms with van der Waals surface area (Å²) in [5, 5.41) is 12.4. The SMILES string of the molecule is CN(C)C(=O)NCc1nnn2c1COC1(CCCN(C(=O)c3ccc4ccccc4n3)C1)C2. The number of urea groups is 1. The van der Waals surface area contributed by atoms with Crippen molar-refractivity contribution in [3.05, 3.63) is 53.5 Å². The van der Waals surface area contributed by atoms with Crippen molar-refractivity contribution < 1.29 is 14.3 Å². The lowest BCUT2D eigenvalue weighted by Crippen LogP contribution is -2.55. The Labute approximate surface area is 191 Å². The van der Waals surface area contributed by atoms with Gasteiger partial charge in [0.25, 0.3) is 5.91 Å². The topological polar surface area (TPSA) is 105 Å². The number of para-hydroxylation sites is 1. The number of pyridine rings is 1. The second kappa shape index (κ2) is 8.43. The quantitative estimate of drug-likeness (QED) is 0.654. The molecule has 1 saturated heterocycles. The van der Waals surface area contributed by atoms with Gasteiger partial charge in [0.15, 0.2) is 0 Å². The van der Waals surface area contributed by atoms with E-state index in [4.69, 9.17) is 4.74 Å². The van der Waals surface area contributed by atoms with Gasteiger partial charge in [0.1, 0.15) is 17.0 Å². The number of amides is 3. The third-order valence-corrected chi connectivity index (χ3v) is 6.33. The molecule has 1 spiro atoms. The lowest BCUT2D eigenvalue weighted by molar-refractivity contribution is -0.122. The molecule has 2 aromatic heterocycles. The van der Waals surface area contributed by atoms with Crippen LogP contribution in [0.25, 0.3) is 10.9 Å². The van der Waals surface area contributed by atoms with E-state index in [2.05, 4.69) is 20.6 Å². The highest BCUT2D eigenvalue weighted by Crippen LogP contribution is 2.33. The summed E-state index contributed by atoms with van der Waals surface area (Å²) in [5.41, 5.74) is 2.31. The van der Waals surface area contributed by atoms with Crippen molar-refractivity contribution in [1.82, 2.24) is 35.1 Å². The number of carbonyl (C=O) groups is 2. The largest absolute Gasteiger partial charge is 0.365 e. The summed E-state index contributed by atoms with van der Waals surface area (Å²) in [5.74, 6) is -0.0834.